The minimum Gasteiger partial charge on any atom is -0.486 e. The van der Waals surface area contributed by atoms with Gasteiger partial charge in [0.2, 0.25) is 0 Å². The lowest BCUT2D eigenvalue weighted by atomic mass is 10.2. The van der Waals surface area contributed by atoms with Crippen molar-refractivity contribution in [1.29, 1.82) is 5.26 Å². The van der Waals surface area contributed by atoms with Crippen molar-refractivity contribution in [3.63, 3.8) is 0 Å². The first-order valence-electron chi connectivity index (χ1n) is 4.35. The third-order valence-electron chi connectivity index (χ3n) is 1.80. The molecule has 0 radical (unpaired) electrons. The van der Waals surface area contributed by atoms with Crippen LogP contribution in [0.2, 0.25) is 0 Å². The Morgan fingerprint density at radius 1 is 1.41 bits per heavy atom. The Bertz CT molecular complexity index is 444. The van der Waals surface area contributed by atoms with Crippen LogP contribution in [-0.2, 0) is 0 Å². The van der Waals surface area contributed by atoms with Gasteiger partial charge in [-0.3, -0.25) is 0 Å². The molecule has 0 atom stereocenters. The molecule has 92 valence electrons. The maximum absolute atomic E-state index is 12.6. The number of halogens is 5. The normalized spacial score (nSPS) is 11.4. The van der Waals surface area contributed by atoms with E-state index >= 15 is 0 Å². The van der Waals surface area contributed by atoms with E-state index in [2.05, 4.69) is 20.7 Å². The van der Waals surface area contributed by atoms with E-state index in [0.29, 0.717) is 4.47 Å². The summed E-state index contributed by atoms with van der Waals surface area (Å²) in [5.74, 6) is -4.41. The molecule has 0 unspecified atom stereocenters. The summed E-state index contributed by atoms with van der Waals surface area (Å²) in [4.78, 5) is 0. The van der Waals surface area contributed by atoms with Crippen molar-refractivity contribution >= 4 is 15.9 Å². The summed E-state index contributed by atoms with van der Waals surface area (Å²) in [7, 11) is 0. The van der Waals surface area contributed by atoms with Crippen LogP contribution in [0.3, 0.4) is 0 Å². The molecule has 0 aromatic heterocycles. The molecule has 17 heavy (non-hydrogen) atoms. The number of hydrogen-bond donors (Lipinski definition) is 0. The molecule has 0 bridgehead atoms. The second-order valence-electron chi connectivity index (χ2n) is 3.10. The maximum atomic E-state index is 12.6. The quantitative estimate of drug-likeness (QED) is 0.796. The van der Waals surface area contributed by atoms with E-state index in [0.717, 1.165) is 0 Å². The number of hydrogen-bond acceptors (Lipinski definition) is 2. The number of ether oxygens (including phenoxy) is 1. The molecule has 7 heteroatoms. The fourth-order valence-electron chi connectivity index (χ4n) is 0.945. The fourth-order valence-corrected chi connectivity index (χ4v) is 1.29. The van der Waals surface area contributed by atoms with Crippen molar-refractivity contribution in [3.8, 4) is 11.8 Å². The van der Waals surface area contributed by atoms with Gasteiger partial charge in [0, 0.05) is 4.47 Å². The van der Waals surface area contributed by atoms with Gasteiger partial charge in [0.25, 0.3) is 0 Å². The topological polar surface area (TPSA) is 33.0 Å². The molecule has 0 saturated carbocycles. The second kappa shape index (κ2) is 5.36. The Kier molecular flexibility index (Phi) is 4.34. The van der Waals surface area contributed by atoms with Crippen molar-refractivity contribution in [3.05, 3.63) is 28.2 Å². The molecule has 0 aliphatic rings. The molecule has 0 fully saturated rings. The Labute approximate surface area is 103 Å². The van der Waals surface area contributed by atoms with Gasteiger partial charge in [0.15, 0.2) is 6.61 Å². The summed E-state index contributed by atoms with van der Waals surface area (Å²) in [6.45, 7) is -1.48. The van der Waals surface area contributed by atoms with Gasteiger partial charge >= 0.3 is 12.3 Å². The highest BCUT2D eigenvalue weighted by molar-refractivity contribution is 9.10. The molecule has 0 saturated heterocycles. The molecule has 1 rings (SSSR count). The van der Waals surface area contributed by atoms with Crippen LogP contribution in [0.5, 0.6) is 5.75 Å². The zero-order valence-corrected chi connectivity index (χ0v) is 9.85. The molecule has 0 aliphatic carbocycles. The van der Waals surface area contributed by atoms with Gasteiger partial charge in [0.05, 0.1) is 5.56 Å². The van der Waals surface area contributed by atoms with Gasteiger partial charge in [-0.15, -0.1) is 0 Å². The highest BCUT2D eigenvalue weighted by Gasteiger charge is 2.41. The molecule has 0 spiro atoms. The van der Waals surface area contributed by atoms with Crippen molar-refractivity contribution < 1.29 is 22.3 Å². The molecule has 2 nitrogen and oxygen atoms in total. The predicted octanol–water partition coefficient (Wildman–Crippen LogP) is 3.60. The van der Waals surface area contributed by atoms with Gasteiger partial charge in [-0.25, -0.2) is 8.78 Å². The van der Waals surface area contributed by atoms with Crippen molar-refractivity contribution in [2.75, 3.05) is 6.61 Å². The van der Waals surface area contributed by atoms with Crippen molar-refractivity contribution in [1.82, 2.24) is 0 Å². The molecular weight excluding hydrogens is 306 g/mol. The van der Waals surface area contributed by atoms with Crippen LogP contribution in [-0.4, -0.2) is 19.0 Å². The van der Waals surface area contributed by atoms with Crippen LogP contribution in [0.4, 0.5) is 17.6 Å². The van der Waals surface area contributed by atoms with Crippen molar-refractivity contribution in [2.24, 2.45) is 0 Å². The summed E-state index contributed by atoms with van der Waals surface area (Å²) < 4.78 is 54.0. The van der Waals surface area contributed by atoms with E-state index in [1.165, 1.54) is 18.2 Å². The van der Waals surface area contributed by atoms with Gasteiger partial charge in [-0.1, -0.05) is 15.9 Å². The number of rotatable bonds is 4. The molecule has 1 aromatic rings. The summed E-state index contributed by atoms with van der Waals surface area (Å²) >= 11 is 3.05. The number of alkyl halides is 4. The molecule has 0 N–H and O–H groups in total. The van der Waals surface area contributed by atoms with E-state index in [9.17, 15) is 17.6 Å². The van der Waals surface area contributed by atoms with Crippen LogP contribution < -0.4 is 4.74 Å². The number of nitrogens with zero attached hydrogens (tertiary/aromatic N) is 1. The molecular formula is C10H6BrF4NO. The smallest absolute Gasteiger partial charge is 0.340 e. The SMILES string of the molecule is N#Cc1ccc(Br)cc1OCC(F)(F)C(F)F. The second-order valence-corrected chi connectivity index (χ2v) is 4.02. The van der Waals surface area contributed by atoms with Gasteiger partial charge < -0.3 is 4.74 Å². The third-order valence-corrected chi connectivity index (χ3v) is 2.30. The summed E-state index contributed by atoms with van der Waals surface area (Å²) in [6.07, 6.45) is -3.81. The Morgan fingerprint density at radius 3 is 2.59 bits per heavy atom. The van der Waals surface area contributed by atoms with Crippen LogP contribution in [0.1, 0.15) is 5.56 Å². The molecule has 0 amide bonds. The Hall–Kier alpha value is -1.29. The summed E-state index contributed by atoms with van der Waals surface area (Å²) in [6, 6.07) is 5.82. The lowest BCUT2D eigenvalue weighted by Crippen LogP contribution is -2.33. The lowest BCUT2D eigenvalue weighted by Gasteiger charge is -2.16. The van der Waals surface area contributed by atoms with Gasteiger partial charge in [-0.05, 0) is 18.2 Å². The highest BCUT2D eigenvalue weighted by Crippen LogP contribution is 2.27. The Morgan fingerprint density at radius 2 is 2.06 bits per heavy atom. The minimum absolute atomic E-state index is 0.00161. The lowest BCUT2D eigenvalue weighted by molar-refractivity contribution is -0.148. The first-order chi connectivity index (χ1) is 7.86. The minimum atomic E-state index is -4.24. The summed E-state index contributed by atoms with van der Waals surface area (Å²) in [5.41, 5.74) is -0.00161. The zero-order valence-electron chi connectivity index (χ0n) is 8.26. The monoisotopic (exact) mass is 311 g/mol. The fraction of sp³-hybridized carbons (Fsp3) is 0.300. The molecule has 1 aromatic carbocycles. The standard InChI is InChI=1S/C10H6BrF4NO/c11-7-2-1-6(4-16)8(3-7)17-5-10(14,15)9(12)13/h1-3,9H,5H2. The van der Waals surface area contributed by atoms with E-state index in [-0.39, 0.29) is 11.3 Å². The Balaban J connectivity index is 2.83. The van der Waals surface area contributed by atoms with Crippen LogP contribution in [0, 0.1) is 11.3 Å². The largest absolute Gasteiger partial charge is 0.486 e. The van der Waals surface area contributed by atoms with Crippen LogP contribution >= 0.6 is 15.9 Å². The predicted molar refractivity (Wildman–Crippen MR) is 55.3 cm³/mol. The van der Waals surface area contributed by atoms with Crippen LogP contribution in [0.15, 0.2) is 22.7 Å². The zero-order chi connectivity index (χ0) is 13.1. The van der Waals surface area contributed by atoms with E-state index in [1.54, 1.807) is 6.07 Å². The van der Waals surface area contributed by atoms with E-state index in [4.69, 9.17) is 5.26 Å². The molecule has 0 heterocycles. The van der Waals surface area contributed by atoms with E-state index < -0.39 is 19.0 Å². The van der Waals surface area contributed by atoms with Gasteiger partial charge in [0.1, 0.15) is 11.8 Å². The first kappa shape index (κ1) is 13.8. The first-order valence-corrected chi connectivity index (χ1v) is 5.14. The summed E-state index contributed by atoms with van der Waals surface area (Å²) in [5, 5.41) is 8.67. The average Bonchev–Trinajstić information content (AvgIpc) is 2.26. The van der Waals surface area contributed by atoms with E-state index in [1.807, 2.05) is 0 Å². The number of nitriles is 1. The average molecular weight is 312 g/mol. The highest BCUT2D eigenvalue weighted by atomic mass is 79.9. The van der Waals surface area contributed by atoms with Crippen molar-refractivity contribution in [2.45, 2.75) is 12.3 Å². The maximum Gasteiger partial charge on any atom is 0.340 e. The van der Waals surface area contributed by atoms with Gasteiger partial charge in [-0.2, -0.15) is 14.0 Å². The third kappa shape index (κ3) is 3.60. The molecule has 0 aliphatic heterocycles. The van der Waals surface area contributed by atoms with Crippen LogP contribution in [0.25, 0.3) is 0 Å². The number of benzene rings is 1.